The van der Waals surface area contributed by atoms with E-state index in [4.69, 9.17) is 12.2 Å². The van der Waals surface area contributed by atoms with E-state index < -0.39 is 11.6 Å². The SMILES string of the molecule is Fc1ccc(NC(=S)NC2CCCc3ccccc32)c(F)c1. The summed E-state index contributed by atoms with van der Waals surface area (Å²) in [7, 11) is 0. The Kier molecular flexibility index (Phi) is 4.34. The second-order valence-corrected chi connectivity index (χ2v) is 5.77. The third-order valence-corrected chi connectivity index (χ3v) is 4.07. The largest absolute Gasteiger partial charge is 0.356 e. The molecule has 0 spiro atoms. The molecule has 0 fully saturated rings. The average molecular weight is 318 g/mol. The summed E-state index contributed by atoms with van der Waals surface area (Å²) in [5.41, 5.74) is 2.72. The van der Waals surface area contributed by atoms with Crippen molar-refractivity contribution in [3.05, 3.63) is 65.2 Å². The summed E-state index contributed by atoms with van der Waals surface area (Å²) in [6.45, 7) is 0. The molecule has 1 atom stereocenters. The highest BCUT2D eigenvalue weighted by Gasteiger charge is 2.20. The van der Waals surface area contributed by atoms with E-state index in [0.29, 0.717) is 5.11 Å². The van der Waals surface area contributed by atoms with E-state index in [0.717, 1.165) is 25.3 Å². The van der Waals surface area contributed by atoms with E-state index >= 15 is 0 Å². The summed E-state index contributed by atoms with van der Waals surface area (Å²) in [5.74, 6) is -1.27. The van der Waals surface area contributed by atoms with Crippen molar-refractivity contribution in [3.63, 3.8) is 0 Å². The van der Waals surface area contributed by atoms with Gasteiger partial charge in [-0.15, -0.1) is 0 Å². The molecule has 0 amide bonds. The van der Waals surface area contributed by atoms with Crippen molar-refractivity contribution < 1.29 is 8.78 Å². The predicted octanol–water partition coefficient (Wildman–Crippen LogP) is 4.33. The Bertz CT molecular complexity index is 703. The Morgan fingerprint density at radius 1 is 1.14 bits per heavy atom. The average Bonchev–Trinajstić information content (AvgIpc) is 2.50. The molecule has 1 aliphatic rings. The number of thiocarbonyl (C=S) groups is 1. The van der Waals surface area contributed by atoms with Gasteiger partial charge in [0.2, 0.25) is 0 Å². The normalized spacial score (nSPS) is 16.7. The Balaban J connectivity index is 1.70. The van der Waals surface area contributed by atoms with Gasteiger partial charge in [0.1, 0.15) is 11.6 Å². The highest BCUT2D eigenvalue weighted by atomic mass is 32.1. The molecule has 2 N–H and O–H groups in total. The van der Waals surface area contributed by atoms with Gasteiger partial charge in [0, 0.05) is 6.07 Å². The Labute approximate surface area is 133 Å². The van der Waals surface area contributed by atoms with Crippen molar-refractivity contribution in [2.75, 3.05) is 5.32 Å². The van der Waals surface area contributed by atoms with Crippen LogP contribution in [0.4, 0.5) is 14.5 Å². The van der Waals surface area contributed by atoms with Crippen LogP contribution in [0.1, 0.15) is 30.0 Å². The van der Waals surface area contributed by atoms with Gasteiger partial charge in [0.05, 0.1) is 11.7 Å². The van der Waals surface area contributed by atoms with Gasteiger partial charge in [0.25, 0.3) is 0 Å². The van der Waals surface area contributed by atoms with E-state index in [-0.39, 0.29) is 11.7 Å². The summed E-state index contributed by atoms with van der Waals surface area (Å²) in [5, 5.41) is 6.36. The maximum Gasteiger partial charge on any atom is 0.171 e. The van der Waals surface area contributed by atoms with Gasteiger partial charge in [-0.3, -0.25) is 0 Å². The topological polar surface area (TPSA) is 24.1 Å². The predicted molar refractivity (Wildman–Crippen MR) is 87.8 cm³/mol. The van der Waals surface area contributed by atoms with Gasteiger partial charge in [-0.25, -0.2) is 8.78 Å². The maximum atomic E-state index is 13.6. The first-order chi connectivity index (χ1) is 10.6. The quantitative estimate of drug-likeness (QED) is 0.806. The number of benzene rings is 2. The van der Waals surface area contributed by atoms with Crippen LogP contribution >= 0.6 is 12.2 Å². The Hall–Kier alpha value is -2.01. The minimum absolute atomic E-state index is 0.119. The van der Waals surface area contributed by atoms with Crippen LogP contribution in [0.15, 0.2) is 42.5 Å². The fourth-order valence-corrected chi connectivity index (χ4v) is 3.06. The van der Waals surface area contributed by atoms with Crippen molar-refractivity contribution in [2.24, 2.45) is 0 Å². The fraction of sp³-hybridized carbons (Fsp3) is 0.235. The molecule has 0 saturated heterocycles. The van der Waals surface area contributed by atoms with Crippen LogP contribution < -0.4 is 10.6 Å². The lowest BCUT2D eigenvalue weighted by Gasteiger charge is -2.27. The van der Waals surface area contributed by atoms with Crippen LogP contribution in [0.2, 0.25) is 0 Å². The molecule has 0 radical (unpaired) electrons. The summed E-state index contributed by atoms with van der Waals surface area (Å²) in [4.78, 5) is 0. The summed E-state index contributed by atoms with van der Waals surface area (Å²) >= 11 is 5.26. The van der Waals surface area contributed by atoms with Gasteiger partial charge < -0.3 is 10.6 Å². The first kappa shape index (κ1) is 14.9. The molecule has 2 nitrogen and oxygen atoms in total. The summed E-state index contributed by atoms with van der Waals surface area (Å²) < 4.78 is 26.5. The molecule has 114 valence electrons. The van der Waals surface area contributed by atoms with Gasteiger partial charge in [-0.2, -0.15) is 0 Å². The number of hydrogen-bond acceptors (Lipinski definition) is 1. The third kappa shape index (κ3) is 3.25. The molecule has 1 aliphatic carbocycles. The van der Waals surface area contributed by atoms with Crippen molar-refractivity contribution in [1.82, 2.24) is 5.32 Å². The molecule has 0 aliphatic heterocycles. The van der Waals surface area contributed by atoms with Crippen LogP contribution in [0.5, 0.6) is 0 Å². The number of aryl methyl sites for hydroxylation is 1. The maximum absolute atomic E-state index is 13.6. The number of hydrogen-bond donors (Lipinski definition) is 2. The van der Waals surface area contributed by atoms with Crippen molar-refractivity contribution in [1.29, 1.82) is 0 Å². The molecule has 1 unspecified atom stereocenters. The third-order valence-electron chi connectivity index (χ3n) is 3.85. The first-order valence-corrected chi connectivity index (χ1v) is 7.64. The standard InChI is InChI=1S/C17H16F2N2S/c18-12-8-9-16(14(19)10-12)21-17(22)20-15-7-3-5-11-4-1-2-6-13(11)15/h1-2,4,6,8-10,15H,3,5,7H2,(H2,20,21,22). The van der Waals surface area contributed by atoms with E-state index in [1.54, 1.807) is 0 Å². The lowest BCUT2D eigenvalue weighted by molar-refractivity contribution is 0.529. The zero-order valence-corrected chi connectivity index (χ0v) is 12.7. The van der Waals surface area contributed by atoms with Crippen LogP contribution in [0, 0.1) is 11.6 Å². The summed E-state index contributed by atoms with van der Waals surface area (Å²) in [6.07, 6.45) is 3.13. The summed E-state index contributed by atoms with van der Waals surface area (Å²) in [6, 6.07) is 11.7. The highest BCUT2D eigenvalue weighted by Crippen LogP contribution is 2.29. The highest BCUT2D eigenvalue weighted by molar-refractivity contribution is 7.80. The molecule has 22 heavy (non-hydrogen) atoms. The smallest absolute Gasteiger partial charge is 0.171 e. The molecule has 3 rings (SSSR count). The van der Waals surface area contributed by atoms with Gasteiger partial charge in [-0.1, -0.05) is 24.3 Å². The monoisotopic (exact) mass is 318 g/mol. The molecule has 2 aromatic rings. The van der Waals surface area contributed by atoms with Crippen LogP contribution in [-0.4, -0.2) is 5.11 Å². The minimum atomic E-state index is -0.659. The lowest BCUT2D eigenvalue weighted by atomic mass is 9.88. The lowest BCUT2D eigenvalue weighted by Crippen LogP contribution is -2.34. The number of nitrogens with one attached hydrogen (secondary N) is 2. The molecular formula is C17H16F2N2S. The molecule has 0 bridgehead atoms. The number of fused-ring (bicyclic) bond motifs is 1. The van der Waals surface area contributed by atoms with Crippen molar-refractivity contribution >= 4 is 23.0 Å². The second kappa shape index (κ2) is 6.40. The van der Waals surface area contributed by atoms with Crippen LogP contribution in [0.3, 0.4) is 0 Å². The van der Waals surface area contributed by atoms with Gasteiger partial charge in [0.15, 0.2) is 5.11 Å². The molecular weight excluding hydrogens is 302 g/mol. The van der Waals surface area contributed by atoms with Gasteiger partial charge in [-0.05, 0) is 54.7 Å². The Morgan fingerprint density at radius 3 is 2.77 bits per heavy atom. The van der Waals surface area contributed by atoms with Gasteiger partial charge >= 0.3 is 0 Å². The number of halogens is 2. The molecule has 5 heteroatoms. The molecule has 0 aromatic heterocycles. The second-order valence-electron chi connectivity index (χ2n) is 5.37. The van der Waals surface area contributed by atoms with E-state index in [1.165, 1.54) is 23.3 Å². The zero-order valence-electron chi connectivity index (χ0n) is 11.9. The minimum Gasteiger partial charge on any atom is -0.356 e. The van der Waals surface area contributed by atoms with E-state index in [1.807, 2.05) is 12.1 Å². The number of rotatable bonds is 2. The fourth-order valence-electron chi connectivity index (χ4n) is 2.81. The van der Waals surface area contributed by atoms with Crippen LogP contribution in [-0.2, 0) is 6.42 Å². The molecule has 0 saturated carbocycles. The van der Waals surface area contributed by atoms with Crippen molar-refractivity contribution in [2.45, 2.75) is 25.3 Å². The van der Waals surface area contributed by atoms with E-state index in [9.17, 15) is 8.78 Å². The number of anilines is 1. The van der Waals surface area contributed by atoms with E-state index in [2.05, 4.69) is 22.8 Å². The zero-order chi connectivity index (χ0) is 15.5. The first-order valence-electron chi connectivity index (χ1n) is 7.24. The van der Waals surface area contributed by atoms with Crippen molar-refractivity contribution in [3.8, 4) is 0 Å². The Morgan fingerprint density at radius 2 is 1.95 bits per heavy atom. The molecule has 2 aromatic carbocycles. The van der Waals surface area contributed by atoms with Crippen LogP contribution in [0.25, 0.3) is 0 Å². The molecule has 0 heterocycles.